The molecule has 1 N–H and O–H groups in total. The molecule has 0 bridgehead atoms. The molecule has 2 aromatic rings. The van der Waals surface area contributed by atoms with Gasteiger partial charge in [-0.15, -0.1) is 0 Å². The fourth-order valence-electron chi connectivity index (χ4n) is 2.45. The third-order valence-electron chi connectivity index (χ3n) is 3.86. The number of hydrogen-bond acceptors (Lipinski definition) is 7. The summed E-state index contributed by atoms with van der Waals surface area (Å²) in [6, 6.07) is 9.62. The van der Waals surface area contributed by atoms with E-state index >= 15 is 0 Å². The monoisotopic (exact) mass is 390 g/mol. The second kappa shape index (κ2) is 10.1. The van der Waals surface area contributed by atoms with Crippen molar-refractivity contribution in [2.45, 2.75) is 6.54 Å². The molecule has 9 nitrogen and oxygen atoms in total. The van der Waals surface area contributed by atoms with Gasteiger partial charge in [-0.3, -0.25) is 14.9 Å². The van der Waals surface area contributed by atoms with Crippen LogP contribution >= 0.6 is 0 Å². The molecule has 0 aromatic heterocycles. The number of methoxy groups -OCH3 is 3. The number of ether oxygens (including phenoxy) is 4. The summed E-state index contributed by atoms with van der Waals surface area (Å²) in [7, 11) is 4.45. The summed E-state index contributed by atoms with van der Waals surface area (Å²) in [5.41, 5.74) is 0.294. The van der Waals surface area contributed by atoms with Crippen LogP contribution < -0.4 is 19.5 Å². The summed E-state index contributed by atoms with van der Waals surface area (Å²) in [6.07, 6.45) is 0. The predicted octanol–water partition coefficient (Wildman–Crippen LogP) is 2.57. The Bertz CT molecular complexity index is 839. The SMILES string of the molecule is COCCOc1cc([N+](=O)[O-])c(C(=O)NCc2cccc(OC)c2)cc1OC. The number of nitrogens with one attached hydrogen (secondary N) is 1. The van der Waals surface area contributed by atoms with Crippen molar-refractivity contribution in [2.24, 2.45) is 0 Å². The first kappa shape index (κ1) is 21.0. The summed E-state index contributed by atoms with van der Waals surface area (Å²) in [5.74, 6) is 0.428. The average Bonchev–Trinajstić information content (AvgIpc) is 2.71. The first-order chi connectivity index (χ1) is 13.5. The maximum Gasteiger partial charge on any atom is 0.286 e. The van der Waals surface area contributed by atoms with Crippen molar-refractivity contribution in [1.82, 2.24) is 5.32 Å². The van der Waals surface area contributed by atoms with Gasteiger partial charge in [0.2, 0.25) is 0 Å². The lowest BCUT2D eigenvalue weighted by Crippen LogP contribution is -2.24. The quantitative estimate of drug-likeness (QED) is 0.377. The molecule has 9 heteroatoms. The van der Waals surface area contributed by atoms with Crippen LogP contribution in [0.15, 0.2) is 36.4 Å². The van der Waals surface area contributed by atoms with Gasteiger partial charge < -0.3 is 24.3 Å². The molecule has 0 atom stereocenters. The number of nitrogens with zero attached hydrogens (tertiary/aromatic N) is 1. The summed E-state index contributed by atoms with van der Waals surface area (Å²) in [5, 5.41) is 14.1. The summed E-state index contributed by atoms with van der Waals surface area (Å²) in [4.78, 5) is 23.4. The van der Waals surface area contributed by atoms with Gasteiger partial charge in [0, 0.05) is 19.7 Å². The number of nitro benzene ring substituents is 1. The minimum Gasteiger partial charge on any atom is -0.497 e. The second-order valence-electron chi connectivity index (χ2n) is 5.65. The van der Waals surface area contributed by atoms with E-state index < -0.39 is 10.8 Å². The first-order valence-electron chi connectivity index (χ1n) is 8.39. The van der Waals surface area contributed by atoms with Crippen molar-refractivity contribution in [3.8, 4) is 17.2 Å². The summed E-state index contributed by atoms with van der Waals surface area (Å²) < 4.78 is 20.7. The van der Waals surface area contributed by atoms with E-state index in [2.05, 4.69) is 5.32 Å². The van der Waals surface area contributed by atoms with Crippen molar-refractivity contribution < 1.29 is 28.7 Å². The lowest BCUT2D eigenvalue weighted by molar-refractivity contribution is -0.385. The molecule has 0 saturated carbocycles. The molecule has 2 aromatic carbocycles. The van der Waals surface area contributed by atoms with E-state index in [9.17, 15) is 14.9 Å². The van der Waals surface area contributed by atoms with Gasteiger partial charge in [0.05, 0.1) is 31.8 Å². The molecule has 0 aliphatic carbocycles. The largest absolute Gasteiger partial charge is 0.497 e. The zero-order chi connectivity index (χ0) is 20.5. The normalized spacial score (nSPS) is 10.2. The number of carbonyl (C=O) groups excluding carboxylic acids is 1. The lowest BCUT2D eigenvalue weighted by atomic mass is 10.1. The maximum absolute atomic E-state index is 12.6. The van der Waals surface area contributed by atoms with Crippen LogP contribution in [0.1, 0.15) is 15.9 Å². The molecule has 0 unspecified atom stereocenters. The zero-order valence-corrected chi connectivity index (χ0v) is 15.9. The Kier molecular flexibility index (Phi) is 7.58. The van der Waals surface area contributed by atoms with Crippen molar-refractivity contribution in [2.75, 3.05) is 34.5 Å². The van der Waals surface area contributed by atoms with E-state index in [-0.39, 0.29) is 35.9 Å². The van der Waals surface area contributed by atoms with E-state index in [0.717, 1.165) is 5.56 Å². The molecule has 1 amide bonds. The lowest BCUT2D eigenvalue weighted by Gasteiger charge is -2.13. The highest BCUT2D eigenvalue weighted by atomic mass is 16.6. The van der Waals surface area contributed by atoms with Gasteiger partial charge in [-0.2, -0.15) is 0 Å². The van der Waals surface area contributed by atoms with Crippen LogP contribution in [0.3, 0.4) is 0 Å². The number of hydrogen-bond donors (Lipinski definition) is 1. The highest BCUT2D eigenvalue weighted by Gasteiger charge is 2.24. The predicted molar refractivity (Wildman–Crippen MR) is 101 cm³/mol. The third kappa shape index (κ3) is 5.34. The van der Waals surface area contributed by atoms with Gasteiger partial charge in [-0.05, 0) is 17.7 Å². The van der Waals surface area contributed by atoms with Crippen molar-refractivity contribution in [3.63, 3.8) is 0 Å². The molecular formula is C19H22N2O7. The van der Waals surface area contributed by atoms with Crippen LogP contribution in [0.4, 0.5) is 5.69 Å². The van der Waals surface area contributed by atoms with Gasteiger partial charge >= 0.3 is 0 Å². The first-order valence-corrected chi connectivity index (χ1v) is 8.39. The van der Waals surface area contributed by atoms with Crippen molar-refractivity contribution in [3.05, 3.63) is 57.6 Å². The maximum atomic E-state index is 12.6. The molecule has 150 valence electrons. The molecule has 2 rings (SSSR count). The molecule has 0 aliphatic heterocycles. The zero-order valence-electron chi connectivity index (χ0n) is 15.9. The Balaban J connectivity index is 2.23. The molecule has 0 heterocycles. The van der Waals surface area contributed by atoms with Gasteiger partial charge in [0.25, 0.3) is 11.6 Å². The van der Waals surface area contributed by atoms with Gasteiger partial charge in [0.15, 0.2) is 11.5 Å². The van der Waals surface area contributed by atoms with Crippen LogP contribution in [0, 0.1) is 10.1 Å². The summed E-state index contributed by atoms with van der Waals surface area (Å²) in [6.45, 7) is 0.673. The smallest absolute Gasteiger partial charge is 0.286 e. The minimum atomic E-state index is -0.636. The fourth-order valence-corrected chi connectivity index (χ4v) is 2.45. The van der Waals surface area contributed by atoms with Crippen LogP contribution in [-0.4, -0.2) is 45.4 Å². The fraction of sp³-hybridized carbons (Fsp3) is 0.316. The number of amides is 1. The van der Waals surface area contributed by atoms with Crippen LogP contribution in [-0.2, 0) is 11.3 Å². The standard InChI is InChI=1S/C19H22N2O7/c1-25-7-8-28-18-11-16(21(23)24)15(10-17(18)27-3)19(22)20-12-13-5-4-6-14(9-13)26-2/h4-6,9-11H,7-8,12H2,1-3H3,(H,20,22). The van der Waals surface area contributed by atoms with E-state index in [0.29, 0.717) is 12.4 Å². The van der Waals surface area contributed by atoms with E-state index in [1.165, 1.54) is 26.4 Å². The van der Waals surface area contributed by atoms with Crippen LogP contribution in [0.5, 0.6) is 17.2 Å². The highest BCUT2D eigenvalue weighted by molar-refractivity contribution is 5.99. The van der Waals surface area contributed by atoms with Crippen LogP contribution in [0.25, 0.3) is 0 Å². The Morgan fingerprint density at radius 3 is 2.50 bits per heavy atom. The number of benzene rings is 2. The third-order valence-corrected chi connectivity index (χ3v) is 3.86. The van der Waals surface area contributed by atoms with E-state index in [1.807, 2.05) is 6.07 Å². The molecule has 0 fully saturated rings. The highest BCUT2D eigenvalue weighted by Crippen LogP contribution is 2.34. The minimum absolute atomic E-state index is 0.121. The number of carbonyl (C=O) groups is 1. The second-order valence-corrected chi connectivity index (χ2v) is 5.65. The number of nitro groups is 1. The number of rotatable bonds is 10. The van der Waals surface area contributed by atoms with Crippen molar-refractivity contribution >= 4 is 11.6 Å². The topological polar surface area (TPSA) is 109 Å². The van der Waals surface area contributed by atoms with E-state index in [1.54, 1.807) is 25.3 Å². The van der Waals surface area contributed by atoms with Crippen molar-refractivity contribution in [1.29, 1.82) is 0 Å². The molecular weight excluding hydrogens is 368 g/mol. The molecule has 0 saturated heterocycles. The van der Waals surface area contributed by atoms with Gasteiger partial charge in [-0.1, -0.05) is 12.1 Å². The average molecular weight is 390 g/mol. The van der Waals surface area contributed by atoms with Gasteiger partial charge in [0.1, 0.15) is 17.9 Å². The molecule has 0 radical (unpaired) electrons. The van der Waals surface area contributed by atoms with Gasteiger partial charge in [-0.25, -0.2) is 0 Å². The van der Waals surface area contributed by atoms with Crippen LogP contribution in [0.2, 0.25) is 0 Å². The Morgan fingerprint density at radius 1 is 1.07 bits per heavy atom. The molecule has 28 heavy (non-hydrogen) atoms. The Labute approximate surface area is 162 Å². The molecule has 0 aliphatic rings. The summed E-state index contributed by atoms with van der Waals surface area (Å²) >= 11 is 0. The Hall–Kier alpha value is -3.33. The molecule has 0 spiro atoms. The van der Waals surface area contributed by atoms with E-state index in [4.69, 9.17) is 18.9 Å². The Morgan fingerprint density at radius 2 is 1.86 bits per heavy atom.